The van der Waals surface area contributed by atoms with Crippen LogP contribution in [0.25, 0.3) is 22.3 Å². The van der Waals surface area contributed by atoms with Crippen LogP contribution >= 0.6 is 35.3 Å². The zero-order valence-corrected chi connectivity index (χ0v) is 14.8. The van der Waals surface area contributed by atoms with E-state index < -0.39 is 0 Å². The first-order chi connectivity index (χ1) is 11.7. The first kappa shape index (κ1) is 15.3. The maximum absolute atomic E-state index is 12.0. The van der Waals surface area contributed by atoms with Crippen LogP contribution in [-0.4, -0.2) is 20.0 Å². The molecule has 7 heteroatoms. The van der Waals surface area contributed by atoms with E-state index in [2.05, 4.69) is 5.32 Å². The highest BCUT2D eigenvalue weighted by atomic mass is 32.2. The Morgan fingerprint density at radius 2 is 2.00 bits per heavy atom. The Hall–Kier alpha value is -2.22. The van der Waals surface area contributed by atoms with Crippen LogP contribution in [0.3, 0.4) is 0 Å². The molecular formula is C17H11N3OS3. The van der Waals surface area contributed by atoms with Gasteiger partial charge in [0, 0.05) is 11.8 Å². The van der Waals surface area contributed by atoms with Crippen molar-refractivity contribution in [3.8, 4) is 16.3 Å². The number of nitrogens with zero attached hydrogens (tertiary/aromatic N) is 2. The average Bonchev–Trinajstić information content (AvgIpc) is 3.29. The fourth-order valence-corrected chi connectivity index (χ4v) is 4.14. The third-order valence-corrected chi connectivity index (χ3v) is 5.49. The number of rotatable bonds is 3. The molecule has 3 heterocycles. The molecule has 1 aliphatic heterocycles. The van der Waals surface area contributed by atoms with Gasteiger partial charge in [-0.1, -0.05) is 48.2 Å². The lowest BCUT2D eigenvalue weighted by atomic mass is 10.2. The molecule has 4 nitrogen and oxygen atoms in total. The number of carbonyl (C=O) groups excluding carboxylic acids is 1. The fourth-order valence-electron chi connectivity index (χ4n) is 2.37. The van der Waals surface area contributed by atoms with Crippen molar-refractivity contribution in [2.75, 3.05) is 0 Å². The Bertz CT molecular complexity index is 943. The van der Waals surface area contributed by atoms with Gasteiger partial charge in [-0.25, -0.2) is 4.68 Å². The molecule has 0 aliphatic carbocycles. The molecule has 0 unspecified atom stereocenters. The van der Waals surface area contributed by atoms with Gasteiger partial charge in [0.25, 0.3) is 5.91 Å². The van der Waals surface area contributed by atoms with Crippen LogP contribution < -0.4 is 5.32 Å². The van der Waals surface area contributed by atoms with Crippen LogP contribution in [0, 0.1) is 0 Å². The predicted octanol–water partition coefficient (Wildman–Crippen LogP) is 4.09. The zero-order chi connectivity index (χ0) is 16.5. The minimum absolute atomic E-state index is 0.158. The van der Waals surface area contributed by atoms with Gasteiger partial charge in [-0.2, -0.15) is 5.10 Å². The number of hydrogen-bond donors (Lipinski definition) is 1. The summed E-state index contributed by atoms with van der Waals surface area (Å²) in [6, 6.07) is 13.9. The van der Waals surface area contributed by atoms with Gasteiger partial charge in [0.05, 0.1) is 15.5 Å². The molecule has 1 amide bonds. The van der Waals surface area contributed by atoms with Crippen molar-refractivity contribution in [1.82, 2.24) is 15.1 Å². The molecule has 24 heavy (non-hydrogen) atoms. The second kappa shape index (κ2) is 6.35. The van der Waals surface area contributed by atoms with E-state index in [-0.39, 0.29) is 5.91 Å². The summed E-state index contributed by atoms with van der Waals surface area (Å²) in [6.07, 6.45) is 3.79. The quantitative estimate of drug-likeness (QED) is 0.558. The van der Waals surface area contributed by atoms with E-state index in [9.17, 15) is 4.79 Å². The minimum atomic E-state index is -0.158. The van der Waals surface area contributed by atoms with Gasteiger partial charge in [-0.05, 0) is 29.7 Å². The van der Waals surface area contributed by atoms with Gasteiger partial charge in [0.1, 0.15) is 10.0 Å². The molecule has 1 aromatic carbocycles. The molecule has 0 saturated carbocycles. The summed E-state index contributed by atoms with van der Waals surface area (Å²) < 4.78 is 2.32. The molecule has 2 aromatic heterocycles. The SMILES string of the molecule is O=C1NC(=S)S/C1=C/c1cn(-c2ccccc2)nc1-c1cccs1. The molecule has 3 aromatic rings. The molecule has 118 valence electrons. The number of amides is 1. The zero-order valence-electron chi connectivity index (χ0n) is 12.3. The van der Waals surface area contributed by atoms with Crippen LogP contribution in [0.1, 0.15) is 5.56 Å². The minimum Gasteiger partial charge on any atom is -0.307 e. The first-order valence-electron chi connectivity index (χ1n) is 7.14. The molecule has 0 bridgehead atoms. The first-order valence-corrected chi connectivity index (χ1v) is 9.25. The van der Waals surface area contributed by atoms with Gasteiger partial charge >= 0.3 is 0 Å². The summed E-state index contributed by atoms with van der Waals surface area (Å²) in [6.45, 7) is 0. The van der Waals surface area contributed by atoms with Gasteiger partial charge in [0.15, 0.2) is 0 Å². The van der Waals surface area contributed by atoms with E-state index >= 15 is 0 Å². The van der Waals surface area contributed by atoms with E-state index in [1.54, 1.807) is 11.3 Å². The predicted molar refractivity (Wildman–Crippen MR) is 103 cm³/mol. The third kappa shape index (κ3) is 2.93. The Morgan fingerprint density at radius 1 is 1.17 bits per heavy atom. The van der Waals surface area contributed by atoms with E-state index in [1.807, 2.05) is 64.8 Å². The lowest BCUT2D eigenvalue weighted by molar-refractivity contribution is -0.115. The number of para-hydroxylation sites is 1. The summed E-state index contributed by atoms with van der Waals surface area (Å²) in [4.78, 5) is 13.6. The van der Waals surface area contributed by atoms with Crippen molar-refractivity contribution < 1.29 is 4.79 Å². The van der Waals surface area contributed by atoms with E-state index in [0.29, 0.717) is 9.23 Å². The molecular weight excluding hydrogens is 358 g/mol. The van der Waals surface area contributed by atoms with Crippen molar-refractivity contribution in [2.45, 2.75) is 0 Å². The van der Waals surface area contributed by atoms with Gasteiger partial charge in [0.2, 0.25) is 0 Å². The lowest BCUT2D eigenvalue weighted by Gasteiger charge is -1.99. The van der Waals surface area contributed by atoms with Crippen LogP contribution in [-0.2, 0) is 4.79 Å². The number of aromatic nitrogens is 2. The highest BCUT2D eigenvalue weighted by Crippen LogP contribution is 2.32. The monoisotopic (exact) mass is 369 g/mol. The van der Waals surface area contributed by atoms with Crippen molar-refractivity contribution >= 4 is 51.6 Å². The Morgan fingerprint density at radius 3 is 2.67 bits per heavy atom. The number of thiocarbonyl (C=S) groups is 1. The Kier molecular flexibility index (Phi) is 4.05. The molecule has 1 N–H and O–H groups in total. The normalized spacial score (nSPS) is 15.9. The van der Waals surface area contributed by atoms with Crippen LogP contribution in [0.2, 0.25) is 0 Å². The average molecular weight is 369 g/mol. The second-order valence-electron chi connectivity index (χ2n) is 5.04. The van der Waals surface area contributed by atoms with Crippen molar-refractivity contribution in [2.24, 2.45) is 0 Å². The number of hydrogen-bond acceptors (Lipinski definition) is 5. The van der Waals surface area contributed by atoms with E-state index in [4.69, 9.17) is 17.3 Å². The summed E-state index contributed by atoms with van der Waals surface area (Å²) in [5.74, 6) is -0.158. The lowest BCUT2D eigenvalue weighted by Crippen LogP contribution is -2.17. The number of nitrogens with one attached hydrogen (secondary N) is 1. The molecule has 1 aliphatic rings. The maximum Gasteiger partial charge on any atom is 0.263 e. The highest BCUT2D eigenvalue weighted by molar-refractivity contribution is 8.26. The summed E-state index contributed by atoms with van der Waals surface area (Å²) in [5, 5.41) is 9.37. The van der Waals surface area contributed by atoms with Crippen molar-refractivity contribution in [3.63, 3.8) is 0 Å². The Balaban J connectivity index is 1.83. The van der Waals surface area contributed by atoms with Crippen LogP contribution in [0.5, 0.6) is 0 Å². The molecule has 0 atom stereocenters. The number of thioether (sulfide) groups is 1. The number of carbonyl (C=O) groups is 1. The largest absolute Gasteiger partial charge is 0.307 e. The third-order valence-electron chi connectivity index (χ3n) is 3.45. The van der Waals surface area contributed by atoms with Crippen molar-refractivity contribution in [1.29, 1.82) is 0 Å². The van der Waals surface area contributed by atoms with Gasteiger partial charge < -0.3 is 5.32 Å². The fraction of sp³-hybridized carbons (Fsp3) is 0. The van der Waals surface area contributed by atoms with Crippen LogP contribution in [0.15, 0.2) is 58.9 Å². The smallest absolute Gasteiger partial charge is 0.263 e. The summed E-state index contributed by atoms with van der Waals surface area (Å²) in [7, 11) is 0. The van der Waals surface area contributed by atoms with Crippen LogP contribution in [0.4, 0.5) is 0 Å². The van der Waals surface area contributed by atoms with E-state index in [1.165, 1.54) is 11.8 Å². The van der Waals surface area contributed by atoms with Gasteiger partial charge in [-0.3, -0.25) is 4.79 Å². The molecule has 0 spiro atoms. The maximum atomic E-state index is 12.0. The summed E-state index contributed by atoms with van der Waals surface area (Å²) >= 11 is 7.95. The molecule has 4 rings (SSSR count). The molecule has 1 saturated heterocycles. The number of thiophene rings is 1. The molecule has 0 radical (unpaired) electrons. The van der Waals surface area contributed by atoms with E-state index in [0.717, 1.165) is 21.8 Å². The second-order valence-corrected chi connectivity index (χ2v) is 7.71. The highest BCUT2D eigenvalue weighted by Gasteiger charge is 2.23. The standard InChI is InChI=1S/C17H11N3OS3/c21-16-14(24-17(22)18-16)9-11-10-20(12-5-2-1-3-6-12)19-15(11)13-7-4-8-23-13/h1-10H,(H,18,21,22)/b14-9+. The topological polar surface area (TPSA) is 46.9 Å². The van der Waals surface area contributed by atoms with Crippen molar-refractivity contribution in [3.05, 3.63) is 64.5 Å². The van der Waals surface area contributed by atoms with Gasteiger partial charge in [-0.15, -0.1) is 11.3 Å². The molecule has 1 fully saturated rings. The summed E-state index contributed by atoms with van der Waals surface area (Å²) in [5.41, 5.74) is 2.72. The Labute approximate surface area is 152 Å². The number of benzene rings is 1.